The van der Waals surface area contributed by atoms with Gasteiger partial charge in [-0.05, 0) is 49.2 Å². The first-order valence-electron chi connectivity index (χ1n) is 10.3. The van der Waals surface area contributed by atoms with Gasteiger partial charge in [0.25, 0.3) is 0 Å². The molecule has 0 atom stereocenters. The number of sulfone groups is 1. The maximum atomic E-state index is 13.6. The number of nitrogens with zero attached hydrogens (tertiary/aromatic N) is 4. The Hall–Kier alpha value is -4.04. The Balaban J connectivity index is 1.81. The van der Waals surface area contributed by atoms with Crippen molar-refractivity contribution in [3.05, 3.63) is 89.5 Å². The normalized spacial score (nSPS) is 12.2. The molecular formula is C25H21N5O2S. The highest BCUT2D eigenvalue weighted by molar-refractivity contribution is 7.92. The molecule has 0 radical (unpaired) electrons. The summed E-state index contributed by atoms with van der Waals surface area (Å²) in [6.07, 6.45) is 1.64. The van der Waals surface area contributed by atoms with Crippen LogP contribution in [0.1, 0.15) is 16.7 Å². The van der Waals surface area contributed by atoms with Gasteiger partial charge in [-0.2, -0.15) is 9.78 Å². The van der Waals surface area contributed by atoms with E-state index in [1.165, 1.54) is 4.68 Å². The fourth-order valence-electron chi connectivity index (χ4n) is 3.69. The van der Waals surface area contributed by atoms with E-state index in [1.54, 1.807) is 36.5 Å². The number of aryl methyl sites for hydroxylation is 2. The number of benzene rings is 3. The summed E-state index contributed by atoms with van der Waals surface area (Å²) in [5.74, 6) is -0.0364. The quantitative estimate of drug-likeness (QED) is 0.402. The zero-order valence-electron chi connectivity index (χ0n) is 18.1. The predicted octanol–water partition coefficient (Wildman–Crippen LogP) is 4.50. The second kappa shape index (κ2) is 7.83. The highest BCUT2D eigenvalue weighted by atomic mass is 32.2. The zero-order valence-corrected chi connectivity index (χ0v) is 18.9. The fraction of sp³-hybridized carbons (Fsp3) is 0.0800. The van der Waals surface area contributed by atoms with Crippen molar-refractivity contribution in [1.29, 1.82) is 0 Å². The third-order valence-electron chi connectivity index (χ3n) is 5.53. The first kappa shape index (κ1) is 20.8. The number of hydrogen-bond donors (Lipinski definition) is 1. The summed E-state index contributed by atoms with van der Waals surface area (Å²) in [4.78, 5) is 9.32. The molecule has 0 saturated heterocycles. The number of fused-ring (bicyclic) bond motifs is 2. The van der Waals surface area contributed by atoms with Crippen molar-refractivity contribution in [3.8, 4) is 0 Å². The van der Waals surface area contributed by atoms with Crippen molar-refractivity contribution in [2.75, 3.05) is 5.73 Å². The summed E-state index contributed by atoms with van der Waals surface area (Å²) in [7, 11) is -3.97. The van der Waals surface area contributed by atoms with Crippen LogP contribution >= 0.6 is 0 Å². The molecule has 0 aliphatic heterocycles. The largest absolute Gasteiger partial charge is 0.382 e. The van der Waals surface area contributed by atoms with Crippen molar-refractivity contribution in [3.63, 3.8) is 0 Å². The van der Waals surface area contributed by atoms with Gasteiger partial charge in [0, 0.05) is 0 Å². The van der Waals surface area contributed by atoms with Crippen LogP contribution in [-0.4, -0.2) is 29.3 Å². The summed E-state index contributed by atoms with van der Waals surface area (Å²) in [5, 5.41) is 4.51. The number of nitrogens with two attached hydrogens (primary N) is 1. The van der Waals surface area contributed by atoms with Crippen LogP contribution in [-0.2, 0) is 9.84 Å². The fourth-order valence-corrected chi connectivity index (χ4v) is 5.17. The maximum absolute atomic E-state index is 13.6. The maximum Gasteiger partial charge on any atom is 0.212 e. The number of nitrogen functional groups attached to an aromatic ring is 1. The Bertz CT molecular complexity index is 1650. The van der Waals surface area contributed by atoms with Gasteiger partial charge in [-0.3, -0.25) is 0 Å². The van der Waals surface area contributed by atoms with Crippen LogP contribution < -0.4 is 5.73 Å². The van der Waals surface area contributed by atoms with Gasteiger partial charge in [-0.15, -0.1) is 0 Å². The molecule has 3 aromatic carbocycles. The van der Waals surface area contributed by atoms with Gasteiger partial charge >= 0.3 is 0 Å². The Kier molecular flexibility index (Phi) is 4.94. The molecule has 0 unspecified atom stereocenters. The number of hydrogen-bond acceptors (Lipinski definition) is 6. The Morgan fingerprint density at radius 1 is 0.879 bits per heavy atom. The molecule has 7 nitrogen and oxygen atoms in total. The molecule has 164 valence electrons. The average molecular weight is 456 g/mol. The van der Waals surface area contributed by atoms with Gasteiger partial charge in [0.1, 0.15) is 16.2 Å². The molecule has 0 spiro atoms. The van der Waals surface area contributed by atoms with Crippen molar-refractivity contribution in [2.24, 2.45) is 5.10 Å². The first-order valence-corrected chi connectivity index (χ1v) is 11.8. The van der Waals surface area contributed by atoms with Gasteiger partial charge < -0.3 is 5.73 Å². The third-order valence-corrected chi connectivity index (χ3v) is 7.36. The van der Waals surface area contributed by atoms with E-state index >= 15 is 0 Å². The highest BCUT2D eigenvalue weighted by Crippen LogP contribution is 2.35. The number of para-hydroxylation sites is 2. The van der Waals surface area contributed by atoms with E-state index in [-0.39, 0.29) is 26.8 Å². The Morgan fingerprint density at radius 3 is 2.21 bits per heavy atom. The summed E-state index contributed by atoms with van der Waals surface area (Å²) in [5.41, 5.74) is 11.0. The molecule has 2 aromatic heterocycles. The summed E-state index contributed by atoms with van der Waals surface area (Å²) < 4.78 is 28.6. The third kappa shape index (κ3) is 3.54. The van der Waals surface area contributed by atoms with Crippen LogP contribution in [0, 0.1) is 13.8 Å². The molecule has 2 N–H and O–H groups in total. The lowest BCUT2D eigenvalue weighted by Gasteiger charge is -2.05. The molecule has 2 heterocycles. The smallest absolute Gasteiger partial charge is 0.212 e. The average Bonchev–Trinajstić information content (AvgIpc) is 3.08. The van der Waals surface area contributed by atoms with Crippen LogP contribution in [0.2, 0.25) is 0 Å². The van der Waals surface area contributed by atoms with Crippen LogP contribution in [0.4, 0.5) is 5.82 Å². The molecule has 0 fully saturated rings. The zero-order chi connectivity index (χ0) is 23.2. The lowest BCUT2D eigenvalue weighted by Crippen LogP contribution is -2.06. The van der Waals surface area contributed by atoms with E-state index in [2.05, 4.69) is 15.1 Å². The van der Waals surface area contributed by atoms with Gasteiger partial charge in [-0.1, -0.05) is 54.1 Å². The second-order valence-electron chi connectivity index (χ2n) is 7.83. The SMILES string of the molecule is Cc1ccc(S(=O)(=O)c2c(N)n(/N=C\c3ccccc3C)c3nc4ccccc4nc23)cc1. The molecule has 8 heteroatoms. The Morgan fingerprint density at radius 2 is 1.52 bits per heavy atom. The molecular weight excluding hydrogens is 434 g/mol. The summed E-state index contributed by atoms with van der Waals surface area (Å²) >= 11 is 0. The lowest BCUT2D eigenvalue weighted by atomic mass is 10.1. The lowest BCUT2D eigenvalue weighted by molar-refractivity contribution is 0.597. The summed E-state index contributed by atoms with van der Waals surface area (Å²) in [6.45, 7) is 3.87. The molecule has 33 heavy (non-hydrogen) atoms. The van der Waals surface area contributed by atoms with Gasteiger partial charge in [0.15, 0.2) is 5.65 Å². The van der Waals surface area contributed by atoms with E-state index in [1.807, 2.05) is 56.3 Å². The monoisotopic (exact) mass is 455 g/mol. The van der Waals surface area contributed by atoms with E-state index < -0.39 is 9.84 Å². The minimum Gasteiger partial charge on any atom is -0.382 e. The van der Waals surface area contributed by atoms with E-state index in [9.17, 15) is 8.42 Å². The summed E-state index contributed by atoms with van der Waals surface area (Å²) in [6, 6.07) is 21.7. The van der Waals surface area contributed by atoms with E-state index in [0.717, 1.165) is 16.7 Å². The van der Waals surface area contributed by atoms with Gasteiger partial charge in [0.2, 0.25) is 9.84 Å². The van der Waals surface area contributed by atoms with Crippen LogP contribution in [0.25, 0.3) is 22.2 Å². The minimum absolute atomic E-state index is 0.0364. The first-order chi connectivity index (χ1) is 15.9. The number of rotatable bonds is 4. The highest BCUT2D eigenvalue weighted by Gasteiger charge is 2.30. The molecule has 0 aliphatic rings. The van der Waals surface area contributed by atoms with Crippen molar-refractivity contribution in [2.45, 2.75) is 23.6 Å². The van der Waals surface area contributed by atoms with E-state index in [0.29, 0.717) is 11.0 Å². The van der Waals surface area contributed by atoms with Crippen LogP contribution in [0.3, 0.4) is 0 Å². The molecule has 5 aromatic rings. The minimum atomic E-state index is -3.97. The predicted molar refractivity (Wildman–Crippen MR) is 130 cm³/mol. The van der Waals surface area contributed by atoms with Gasteiger partial charge in [-0.25, -0.2) is 18.4 Å². The van der Waals surface area contributed by atoms with Crippen molar-refractivity contribution >= 4 is 44.1 Å². The van der Waals surface area contributed by atoms with E-state index in [4.69, 9.17) is 5.73 Å². The molecule has 0 aliphatic carbocycles. The topological polar surface area (TPSA) is 103 Å². The molecule has 0 bridgehead atoms. The second-order valence-corrected chi connectivity index (χ2v) is 9.71. The molecule has 0 amide bonds. The van der Waals surface area contributed by atoms with Crippen LogP contribution in [0.15, 0.2) is 87.7 Å². The molecule has 5 rings (SSSR count). The standard InChI is InChI=1S/C25H21N5O2S/c1-16-11-13-19(14-12-16)33(31,32)23-22-25(29-21-10-6-5-9-20(21)28-22)30(24(23)26)27-15-18-8-4-3-7-17(18)2/h3-15H,26H2,1-2H3/b27-15-. The Labute approximate surface area is 191 Å². The number of aromatic nitrogens is 3. The molecule has 0 saturated carbocycles. The van der Waals surface area contributed by atoms with Gasteiger partial charge in [0.05, 0.1) is 22.1 Å². The van der Waals surface area contributed by atoms with Crippen LogP contribution in [0.5, 0.6) is 0 Å². The number of anilines is 1. The van der Waals surface area contributed by atoms with Crippen molar-refractivity contribution in [1.82, 2.24) is 14.6 Å². The van der Waals surface area contributed by atoms with Crippen molar-refractivity contribution < 1.29 is 8.42 Å².